The molecular weight excluding hydrogens is 251 g/mol. The molecule has 1 N–H and O–H groups in total. The fraction of sp³-hybridized carbons (Fsp3) is 0.294. The van der Waals surface area contributed by atoms with Crippen LogP contribution in [0.2, 0.25) is 0 Å². The maximum atomic E-state index is 12.8. The first-order chi connectivity index (χ1) is 9.74. The van der Waals surface area contributed by atoms with Crippen molar-refractivity contribution in [1.82, 2.24) is 4.90 Å². The van der Waals surface area contributed by atoms with Crippen LogP contribution in [-0.2, 0) is 6.42 Å². The van der Waals surface area contributed by atoms with Gasteiger partial charge in [0.1, 0.15) is 5.82 Å². The monoisotopic (exact) mass is 272 g/mol. The lowest BCUT2D eigenvalue weighted by atomic mass is 10.1. The quantitative estimate of drug-likeness (QED) is 0.831. The molecule has 0 radical (unpaired) electrons. The van der Waals surface area contributed by atoms with E-state index in [0.29, 0.717) is 0 Å². The van der Waals surface area contributed by atoms with Crippen molar-refractivity contribution in [3.8, 4) is 0 Å². The Morgan fingerprint density at radius 3 is 2.35 bits per heavy atom. The van der Waals surface area contributed by atoms with E-state index < -0.39 is 0 Å². The molecule has 2 aromatic carbocycles. The molecule has 0 fully saturated rings. The summed E-state index contributed by atoms with van der Waals surface area (Å²) in [5.41, 5.74) is 2.33. The molecule has 0 saturated heterocycles. The molecule has 3 heteroatoms. The third-order valence-electron chi connectivity index (χ3n) is 3.29. The minimum atomic E-state index is -0.199. The number of nitrogens with zero attached hydrogens (tertiary/aromatic N) is 1. The van der Waals surface area contributed by atoms with Crippen LogP contribution >= 0.6 is 0 Å². The highest BCUT2D eigenvalue weighted by Crippen LogP contribution is 2.07. The van der Waals surface area contributed by atoms with Crippen LogP contribution in [0, 0.1) is 5.82 Å². The number of nitrogens with one attached hydrogen (secondary N) is 1. The Morgan fingerprint density at radius 1 is 0.950 bits per heavy atom. The van der Waals surface area contributed by atoms with Gasteiger partial charge in [0, 0.05) is 25.3 Å². The van der Waals surface area contributed by atoms with Crippen molar-refractivity contribution in [1.29, 1.82) is 0 Å². The Morgan fingerprint density at radius 2 is 1.65 bits per heavy atom. The van der Waals surface area contributed by atoms with E-state index in [9.17, 15) is 4.39 Å². The van der Waals surface area contributed by atoms with Gasteiger partial charge >= 0.3 is 0 Å². The Kier molecular flexibility index (Phi) is 5.56. The van der Waals surface area contributed by atoms with Crippen molar-refractivity contribution in [2.45, 2.75) is 6.42 Å². The molecule has 2 rings (SSSR count). The maximum absolute atomic E-state index is 12.8. The highest BCUT2D eigenvalue weighted by molar-refractivity contribution is 5.42. The normalized spacial score (nSPS) is 10.8. The lowest BCUT2D eigenvalue weighted by Gasteiger charge is -2.17. The van der Waals surface area contributed by atoms with E-state index in [-0.39, 0.29) is 5.82 Å². The van der Waals surface area contributed by atoms with Gasteiger partial charge in [-0.15, -0.1) is 0 Å². The average molecular weight is 272 g/mol. The van der Waals surface area contributed by atoms with E-state index in [1.54, 1.807) is 12.1 Å². The van der Waals surface area contributed by atoms with Gasteiger partial charge in [0.2, 0.25) is 0 Å². The molecule has 0 aliphatic heterocycles. The summed E-state index contributed by atoms with van der Waals surface area (Å²) >= 11 is 0. The van der Waals surface area contributed by atoms with Gasteiger partial charge in [-0.25, -0.2) is 4.39 Å². The van der Waals surface area contributed by atoms with Gasteiger partial charge in [0.25, 0.3) is 0 Å². The molecule has 0 aliphatic rings. The van der Waals surface area contributed by atoms with E-state index in [1.165, 1.54) is 17.7 Å². The van der Waals surface area contributed by atoms with Gasteiger partial charge < -0.3 is 10.2 Å². The SMILES string of the molecule is CN(CCNc1ccc(F)cc1)CCc1ccccc1. The van der Waals surface area contributed by atoms with Crippen LogP contribution in [0.15, 0.2) is 54.6 Å². The highest BCUT2D eigenvalue weighted by Gasteiger charge is 1.99. The number of hydrogen-bond donors (Lipinski definition) is 1. The predicted octanol–water partition coefficient (Wildman–Crippen LogP) is 3.41. The zero-order valence-corrected chi connectivity index (χ0v) is 11.8. The van der Waals surface area contributed by atoms with Gasteiger partial charge in [0.05, 0.1) is 0 Å². The van der Waals surface area contributed by atoms with Crippen LogP contribution in [-0.4, -0.2) is 31.6 Å². The summed E-state index contributed by atoms with van der Waals surface area (Å²) in [6.45, 7) is 2.86. The second-order valence-electron chi connectivity index (χ2n) is 4.97. The zero-order valence-electron chi connectivity index (χ0n) is 11.8. The molecule has 106 valence electrons. The maximum Gasteiger partial charge on any atom is 0.123 e. The topological polar surface area (TPSA) is 15.3 Å². The van der Waals surface area contributed by atoms with Gasteiger partial charge in [-0.05, 0) is 43.3 Å². The van der Waals surface area contributed by atoms with Crippen LogP contribution in [0.1, 0.15) is 5.56 Å². The lowest BCUT2D eigenvalue weighted by Crippen LogP contribution is -2.27. The third kappa shape index (κ3) is 5.02. The molecule has 0 amide bonds. The third-order valence-corrected chi connectivity index (χ3v) is 3.29. The number of likely N-dealkylation sites (N-methyl/N-ethyl adjacent to an activating group) is 1. The lowest BCUT2D eigenvalue weighted by molar-refractivity contribution is 0.351. The molecule has 0 unspecified atom stereocenters. The summed E-state index contributed by atoms with van der Waals surface area (Å²) in [6, 6.07) is 17.0. The Balaban J connectivity index is 1.65. The van der Waals surface area contributed by atoms with Crippen molar-refractivity contribution < 1.29 is 4.39 Å². The molecule has 0 aromatic heterocycles. The summed E-state index contributed by atoms with van der Waals surface area (Å²) in [4.78, 5) is 2.30. The summed E-state index contributed by atoms with van der Waals surface area (Å²) in [6.07, 6.45) is 1.06. The summed E-state index contributed by atoms with van der Waals surface area (Å²) in [5, 5.41) is 3.29. The fourth-order valence-corrected chi connectivity index (χ4v) is 2.04. The van der Waals surface area contributed by atoms with E-state index in [2.05, 4.69) is 41.5 Å². The molecule has 2 nitrogen and oxygen atoms in total. The van der Waals surface area contributed by atoms with Crippen LogP contribution < -0.4 is 5.32 Å². The standard InChI is InChI=1S/C17H21FN2/c1-20(13-11-15-5-3-2-4-6-15)14-12-19-17-9-7-16(18)8-10-17/h2-10,19H,11-14H2,1H3. The molecule has 0 aliphatic carbocycles. The number of anilines is 1. The molecule has 0 bridgehead atoms. The van der Waals surface area contributed by atoms with Crippen molar-refractivity contribution in [3.05, 3.63) is 66.0 Å². The molecule has 0 saturated carbocycles. The Hall–Kier alpha value is -1.87. The van der Waals surface area contributed by atoms with Crippen molar-refractivity contribution >= 4 is 5.69 Å². The van der Waals surface area contributed by atoms with Gasteiger partial charge in [0.15, 0.2) is 0 Å². The van der Waals surface area contributed by atoms with E-state index in [4.69, 9.17) is 0 Å². The number of rotatable bonds is 7. The van der Waals surface area contributed by atoms with Crippen molar-refractivity contribution in [3.63, 3.8) is 0 Å². The largest absolute Gasteiger partial charge is 0.384 e. The zero-order chi connectivity index (χ0) is 14.2. The first-order valence-corrected chi connectivity index (χ1v) is 6.96. The smallest absolute Gasteiger partial charge is 0.123 e. The Bertz CT molecular complexity index is 496. The molecule has 0 spiro atoms. The van der Waals surface area contributed by atoms with Crippen LogP contribution in [0.25, 0.3) is 0 Å². The number of hydrogen-bond acceptors (Lipinski definition) is 2. The first-order valence-electron chi connectivity index (χ1n) is 6.96. The van der Waals surface area contributed by atoms with E-state index >= 15 is 0 Å². The fourth-order valence-electron chi connectivity index (χ4n) is 2.04. The van der Waals surface area contributed by atoms with Gasteiger partial charge in [-0.2, -0.15) is 0 Å². The molecule has 0 atom stereocenters. The Labute approximate surface area is 120 Å². The van der Waals surface area contributed by atoms with Crippen molar-refractivity contribution in [2.24, 2.45) is 0 Å². The van der Waals surface area contributed by atoms with Gasteiger partial charge in [-0.3, -0.25) is 0 Å². The van der Waals surface area contributed by atoms with Crippen LogP contribution in [0.3, 0.4) is 0 Å². The summed E-state index contributed by atoms with van der Waals surface area (Å²) in [5.74, 6) is -0.199. The summed E-state index contributed by atoms with van der Waals surface area (Å²) < 4.78 is 12.8. The minimum Gasteiger partial charge on any atom is -0.384 e. The molecule has 2 aromatic rings. The minimum absolute atomic E-state index is 0.199. The van der Waals surface area contributed by atoms with Crippen LogP contribution in [0.5, 0.6) is 0 Å². The molecular formula is C17H21FN2. The number of halogens is 1. The van der Waals surface area contributed by atoms with E-state index in [0.717, 1.165) is 31.7 Å². The second-order valence-corrected chi connectivity index (χ2v) is 4.97. The second kappa shape index (κ2) is 7.65. The first kappa shape index (κ1) is 14.5. The average Bonchev–Trinajstić information content (AvgIpc) is 2.48. The van der Waals surface area contributed by atoms with Gasteiger partial charge in [-0.1, -0.05) is 30.3 Å². The van der Waals surface area contributed by atoms with Crippen molar-refractivity contribution in [2.75, 3.05) is 32.0 Å². The molecule has 20 heavy (non-hydrogen) atoms. The van der Waals surface area contributed by atoms with E-state index in [1.807, 2.05) is 6.07 Å². The molecule has 0 heterocycles. The highest BCUT2D eigenvalue weighted by atomic mass is 19.1. The summed E-state index contributed by atoms with van der Waals surface area (Å²) in [7, 11) is 2.12. The number of benzene rings is 2. The predicted molar refractivity (Wildman–Crippen MR) is 82.5 cm³/mol. The van der Waals surface area contributed by atoms with Crippen LogP contribution in [0.4, 0.5) is 10.1 Å².